The van der Waals surface area contributed by atoms with Crippen molar-refractivity contribution in [2.45, 2.75) is 39.3 Å². The zero-order chi connectivity index (χ0) is 15.4. The molecule has 0 fully saturated rings. The summed E-state index contributed by atoms with van der Waals surface area (Å²) in [6.45, 7) is 7.44. The molecule has 1 heterocycles. The first kappa shape index (κ1) is 16.3. The Morgan fingerprint density at radius 1 is 1.52 bits per heavy atom. The Hall–Kier alpha value is -1.07. The van der Waals surface area contributed by atoms with Crippen LogP contribution in [0.5, 0.6) is 5.75 Å². The van der Waals surface area contributed by atoms with E-state index in [1.807, 2.05) is 19.1 Å². The van der Waals surface area contributed by atoms with Crippen molar-refractivity contribution in [2.75, 3.05) is 19.7 Å². The number of nitrogens with zero attached hydrogens (tertiary/aromatic N) is 1. The molecule has 1 aromatic rings. The smallest absolute Gasteiger partial charge is 0.320 e. The summed E-state index contributed by atoms with van der Waals surface area (Å²) in [5, 5.41) is 0. The summed E-state index contributed by atoms with van der Waals surface area (Å²) >= 11 is 3.48. The van der Waals surface area contributed by atoms with Crippen LogP contribution < -0.4 is 4.74 Å². The minimum absolute atomic E-state index is 0.0890. The molecule has 1 atom stereocenters. The Labute approximate surface area is 134 Å². The van der Waals surface area contributed by atoms with Gasteiger partial charge in [0.1, 0.15) is 11.9 Å². The van der Waals surface area contributed by atoms with Crippen LogP contribution in [0.15, 0.2) is 22.7 Å². The van der Waals surface area contributed by atoms with Gasteiger partial charge in [0.05, 0.1) is 13.2 Å². The molecule has 5 heteroatoms. The molecule has 0 bridgehead atoms. The number of fused-ring (bicyclic) bond motifs is 1. The first-order valence-electron chi connectivity index (χ1n) is 7.34. The lowest BCUT2D eigenvalue weighted by Gasteiger charge is -2.27. The third-order valence-electron chi connectivity index (χ3n) is 3.57. The molecule has 0 N–H and O–H groups in total. The van der Waals surface area contributed by atoms with E-state index in [1.165, 1.54) is 5.56 Å². The number of esters is 1. The van der Waals surface area contributed by atoms with Crippen molar-refractivity contribution >= 4 is 21.9 Å². The molecule has 1 unspecified atom stereocenters. The van der Waals surface area contributed by atoms with Gasteiger partial charge in [-0.25, -0.2) is 0 Å². The van der Waals surface area contributed by atoms with Crippen molar-refractivity contribution < 1.29 is 14.3 Å². The molecule has 0 spiro atoms. The van der Waals surface area contributed by atoms with Gasteiger partial charge in [0.15, 0.2) is 0 Å². The molecule has 0 saturated carbocycles. The molecule has 2 rings (SSSR count). The largest absolute Gasteiger partial charge is 0.488 e. The lowest BCUT2D eigenvalue weighted by molar-refractivity contribution is -0.145. The minimum atomic E-state index is -0.176. The quantitative estimate of drug-likeness (QED) is 0.735. The van der Waals surface area contributed by atoms with Gasteiger partial charge < -0.3 is 9.47 Å². The highest BCUT2D eigenvalue weighted by atomic mass is 79.9. The highest BCUT2D eigenvalue weighted by Gasteiger charge is 2.27. The van der Waals surface area contributed by atoms with Gasteiger partial charge in [-0.2, -0.15) is 0 Å². The maximum atomic E-state index is 11.7. The first-order valence-corrected chi connectivity index (χ1v) is 8.13. The predicted octanol–water partition coefficient (Wildman–Crippen LogP) is 3.03. The fourth-order valence-electron chi connectivity index (χ4n) is 2.48. The third kappa shape index (κ3) is 4.45. The predicted molar refractivity (Wildman–Crippen MR) is 85.6 cm³/mol. The highest BCUT2D eigenvalue weighted by molar-refractivity contribution is 9.10. The molecule has 1 aliphatic heterocycles. The maximum Gasteiger partial charge on any atom is 0.320 e. The van der Waals surface area contributed by atoms with Gasteiger partial charge in [-0.1, -0.05) is 15.9 Å². The highest BCUT2D eigenvalue weighted by Crippen LogP contribution is 2.31. The normalized spacial score (nSPS) is 17.0. The maximum absolute atomic E-state index is 11.7. The van der Waals surface area contributed by atoms with Crippen LogP contribution in [0, 0.1) is 0 Å². The van der Waals surface area contributed by atoms with E-state index in [9.17, 15) is 4.79 Å². The van der Waals surface area contributed by atoms with E-state index in [2.05, 4.69) is 40.7 Å². The monoisotopic (exact) mass is 355 g/mol. The topological polar surface area (TPSA) is 38.8 Å². The van der Waals surface area contributed by atoms with Gasteiger partial charge in [-0.15, -0.1) is 0 Å². The van der Waals surface area contributed by atoms with Gasteiger partial charge in [0.25, 0.3) is 0 Å². The van der Waals surface area contributed by atoms with E-state index in [0.29, 0.717) is 13.2 Å². The summed E-state index contributed by atoms with van der Waals surface area (Å²) in [5.74, 6) is 0.771. The van der Waals surface area contributed by atoms with E-state index < -0.39 is 0 Å². The van der Waals surface area contributed by atoms with Gasteiger partial charge in [0, 0.05) is 23.5 Å². The van der Waals surface area contributed by atoms with E-state index >= 15 is 0 Å². The zero-order valence-electron chi connectivity index (χ0n) is 12.8. The summed E-state index contributed by atoms with van der Waals surface area (Å²) in [5.41, 5.74) is 1.22. The molecule has 0 aromatic heterocycles. The van der Waals surface area contributed by atoms with Crippen LogP contribution in [-0.2, 0) is 16.0 Å². The fraction of sp³-hybridized carbons (Fsp3) is 0.562. The molecular weight excluding hydrogens is 334 g/mol. The van der Waals surface area contributed by atoms with Crippen LogP contribution in [0.25, 0.3) is 0 Å². The average molecular weight is 356 g/mol. The Morgan fingerprint density at radius 3 is 2.95 bits per heavy atom. The second-order valence-corrected chi connectivity index (χ2v) is 6.44. The van der Waals surface area contributed by atoms with E-state index in [1.54, 1.807) is 0 Å². The zero-order valence-corrected chi connectivity index (χ0v) is 14.4. The van der Waals surface area contributed by atoms with Crippen molar-refractivity contribution in [1.82, 2.24) is 4.90 Å². The Kier molecular flexibility index (Phi) is 5.65. The van der Waals surface area contributed by atoms with Crippen LogP contribution in [0.3, 0.4) is 0 Å². The SMILES string of the molecule is CCOC(=O)CN(CC1Cc2cc(Br)ccc2O1)C(C)C. The summed E-state index contributed by atoms with van der Waals surface area (Å²) in [6, 6.07) is 6.35. The Balaban J connectivity index is 1.95. The van der Waals surface area contributed by atoms with E-state index in [4.69, 9.17) is 9.47 Å². The lowest BCUT2D eigenvalue weighted by Crippen LogP contribution is -2.42. The van der Waals surface area contributed by atoms with Crippen molar-refractivity contribution in [3.05, 3.63) is 28.2 Å². The van der Waals surface area contributed by atoms with Crippen molar-refractivity contribution in [3.63, 3.8) is 0 Å². The number of rotatable bonds is 6. The minimum Gasteiger partial charge on any atom is -0.488 e. The number of benzene rings is 1. The van der Waals surface area contributed by atoms with Crippen LogP contribution in [-0.4, -0.2) is 42.7 Å². The fourth-order valence-corrected chi connectivity index (χ4v) is 2.89. The number of hydrogen-bond acceptors (Lipinski definition) is 4. The Bertz CT molecular complexity index is 504. The molecule has 0 radical (unpaired) electrons. The second kappa shape index (κ2) is 7.27. The number of hydrogen-bond donors (Lipinski definition) is 0. The molecule has 1 aromatic carbocycles. The van der Waals surface area contributed by atoms with Crippen molar-refractivity contribution in [3.8, 4) is 5.75 Å². The molecular formula is C16H22BrNO3. The molecule has 116 valence electrons. The van der Waals surface area contributed by atoms with Crippen LogP contribution >= 0.6 is 15.9 Å². The van der Waals surface area contributed by atoms with Crippen molar-refractivity contribution in [1.29, 1.82) is 0 Å². The van der Waals surface area contributed by atoms with Gasteiger partial charge in [-0.05, 0) is 44.5 Å². The lowest BCUT2D eigenvalue weighted by atomic mass is 10.1. The van der Waals surface area contributed by atoms with Gasteiger partial charge >= 0.3 is 5.97 Å². The average Bonchev–Trinajstić information content (AvgIpc) is 2.79. The number of carbonyl (C=O) groups is 1. The third-order valence-corrected chi connectivity index (χ3v) is 4.06. The van der Waals surface area contributed by atoms with Crippen LogP contribution in [0.1, 0.15) is 26.3 Å². The molecule has 0 saturated heterocycles. The standard InChI is InChI=1S/C16H22BrNO3/c1-4-20-16(19)10-18(11(2)3)9-14-8-12-7-13(17)5-6-15(12)21-14/h5-7,11,14H,4,8-10H2,1-3H3. The molecule has 1 aliphatic rings. The molecule has 0 amide bonds. The van der Waals surface area contributed by atoms with Crippen LogP contribution in [0.4, 0.5) is 0 Å². The molecule has 0 aliphatic carbocycles. The molecule has 4 nitrogen and oxygen atoms in total. The second-order valence-electron chi connectivity index (χ2n) is 5.52. The summed E-state index contributed by atoms with van der Waals surface area (Å²) in [7, 11) is 0. The molecule has 21 heavy (non-hydrogen) atoms. The van der Waals surface area contributed by atoms with Gasteiger partial charge in [0.2, 0.25) is 0 Å². The Morgan fingerprint density at radius 2 is 2.29 bits per heavy atom. The number of ether oxygens (including phenoxy) is 2. The number of halogens is 1. The summed E-state index contributed by atoms with van der Waals surface area (Å²) < 4.78 is 12.1. The summed E-state index contributed by atoms with van der Waals surface area (Å²) in [4.78, 5) is 13.8. The summed E-state index contributed by atoms with van der Waals surface area (Å²) in [6.07, 6.45) is 0.965. The first-order chi connectivity index (χ1) is 9.99. The van der Waals surface area contributed by atoms with Crippen molar-refractivity contribution in [2.24, 2.45) is 0 Å². The van der Waals surface area contributed by atoms with Gasteiger partial charge in [-0.3, -0.25) is 9.69 Å². The number of carbonyl (C=O) groups excluding carboxylic acids is 1. The van der Waals surface area contributed by atoms with Crippen LogP contribution in [0.2, 0.25) is 0 Å². The van der Waals surface area contributed by atoms with E-state index in [0.717, 1.165) is 23.2 Å². The van der Waals surface area contributed by atoms with E-state index in [-0.39, 0.29) is 18.1 Å².